The molecule has 2 aliphatic rings. The molecule has 0 amide bonds. The molecule has 26 heavy (non-hydrogen) atoms. The van der Waals surface area contributed by atoms with Crippen molar-refractivity contribution >= 4 is 0 Å². The van der Waals surface area contributed by atoms with E-state index in [9.17, 15) is 8.78 Å². The monoisotopic (exact) mass is 360 g/mol. The highest BCUT2D eigenvalue weighted by atomic mass is 19.2. The average Bonchev–Trinajstić information content (AvgIpc) is 2.68. The molecule has 2 saturated carbocycles. The highest BCUT2D eigenvalue weighted by molar-refractivity contribution is 5.22. The summed E-state index contributed by atoms with van der Waals surface area (Å²) in [5.74, 6) is 1.59. The summed E-state index contributed by atoms with van der Waals surface area (Å²) in [4.78, 5) is 0. The molecule has 2 heteroatoms. The fourth-order valence-corrected chi connectivity index (χ4v) is 5.02. The van der Waals surface area contributed by atoms with Crippen molar-refractivity contribution in [1.82, 2.24) is 0 Å². The van der Waals surface area contributed by atoms with Crippen molar-refractivity contribution < 1.29 is 8.78 Å². The minimum Gasteiger partial charge on any atom is -0.204 e. The largest absolute Gasteiger partial charge is 0.204 e. The van der Waals surface area contributed by atoms with Crippen molar-refractivity contribution in [3.8, 4) is 0 Å². The summed E-state index contributed by atoms with van der Waals surface area (Å²) in [6.07, 6.45) is 19.0. The normalized spacial score (nSPS) is 30.0. The van der Waals surface area contributed by atoms with Crippen LogP contribution in [-0.2, 0) is 0 Å². The Balaban J connectivity index is 1.37. The Labute approximate surface area is 158 Å². The van der Waals surface area contributed by atoms with Gasteiger partial charge in [0.15, 0.2) is 11.6 Å². The summed E-state index contributed by atoms with van der Waals surface area (Å²) in [5.41, 5.74) is 0.987. The first-order valence-corrected chi connectivity index (χ1v) is 10.8. The smallest absolute Gasteiger partial charge is 0.159 e. The third-order valence-electron chi connectivity index (χ3n) is 6.78. The minimum absolute atomic E-state index is 0.419. The SMILES string of the molecule is CCC=CC1CCC(CCC2CCC(c3ccc(F)c(F)c3)CC2)CC1. The van der Waals surface area contributed by atoms with Gasteiger partial charge >= 0.3 is 0 Å². The van der Waals surface area contributed by atoms with Crippen molar-refractivity contribution in [1.29, 1.82) is 0 Å². The molecule has 144 valence electrons. The summed E-state index contributed by atoms with van der Waals surface area (Å²) in [7, 11) is 0. The van der Waals surface area contributed by atoms with Gasteiger partial charge in [0.05, 0.1) is 0 Å². The summed E-state index contributed by atoms with van der Waals surface area (Å²) >= 11 is 0. The van der Waals surface area contributed by atoms with Crippen LogP contribution in [0.15, 0.2) is 30.4 Å². The second kappa shape index (κ2) is 9.67. The molecule has 0 N–H and O–H groups in total. The van der Waals surface area contributed by atoms with E-state index in [0.29, 0.717) is 5.92 Å². The van der Waals surface area contributed by atoms with E-state index < -0.39 is 11.6 Å². The first kappa shape index (κ1) is 19.6. The third kappa shape index (κ3) is 5.41. The van der Waals surface area contributed by atoms with E-state index in [4.69, 9.17) is 0 Å². The van der Waals surface area contributed by atoms with Crippen LogP contribution in [0, 0.1) is 29.4 Å². The number of hydrogen-bond donors (Lipinski definition) is 0. The fraction of sp³-hybridized carbons (Fsp3) is 0.667. The van der Waals surface area contributed by atoms with E-state index in [1.54, 1.807) is 6.07 Å². The van der Waals surface area contributed by atoms with Gasteiger partial charge in [-0.1, -0.05) is 38.0 Å². The first-order valence-electron chi connectivity index (χ1n) is 10.8. The van der Waals surface area contributed by atoms with E-state index in [0.717, 1.165) is 42.6 Å². The maximum Gasteiger partial charge on any atom is 0.159 e. The molecule has 3 rings (SSSR count). The fourth-order valence-electron chi connectivity index (χ4n) is 5.02. The Hall–Kier alpha value is -1.18. The lowest BCUT2D eigenvalue weighted by molar-refractivity contribution is 0.246. The van der Waals surface area contributed by atoms with Crippen LogP contribution in [0.3, 0.4) is 0 Å². The van der Waals surface area contributed by atoms with Gasteiger partial charge in [0.1, 0.15) is 0 Å². The molecule has 0 spiro atoms. The number of benzene rings is 1. The molecule has 1 aromatic carbocycles. The molecule has 0 heterocycles. The van der Waals surface area contributed by atoms with Gasteiger partial charge in [0, 0.05) is 0 Å². The van der Waals surface area contributed by atoms with Crippen LogP contribution in [0.4, 0.5) is 8.78 Å². The van der Waals surface area contributed by atoms with Crippen LogP contribution < -0.4 is 0 Å². The van der Waals surface area contributed by atoms with Gasteiger partial charge in [-0.3, -0.25) is 0 Å². The van der Waals surface area contributed by atoms with E-state index in [1.165, 1.54) is 63.5 Å². The molecule has 0 atom stereocenters. The van der Waals surface area contributed by atoms with Gasteiger partial charge in [-0.25, -0.2) is 8.78 Å². The van der Waals surface area contributed by atoms with Crippen molar-refractivity contribution in [3.63, 3.8) is 0 Å². The Bertz CT molecular complexity index is 576. The third-order valence-corrected chi connectivity index (χ3v) is 6.78. The lowest BCUT2D eigenvalue weighted by Gasteiger charge is -2.31. The summed E-state index contributed by atoms with van der Waals surface area (Å²) < 4.78 is 26.6. The zero-order chi connectivity index (χ0) is 18.4. The second-order valence-electron chi connectivity index (χ2n) is 8.59. The molecule has 0 aliphatic heterocycles. The standard InChI is InChI=1S/C24H34F2/c1-2-3-4-18-5-7-19(8-6-18)9-10-20-11-13-21(14-12-20)22-15-16-23(25)24(26)17-22/h3-4,15-21H,2,5-14H2,1H3. The minimum atomic E-state index is -0.734. The van der Waals surface area contributed by atoms with E-state index in [-0.39, 0.29) is 0 Å². The highest BCUT2D eigenvalue weighted by Gasteiger charge is 2.25. The van der Waals surface area contributed by atoms with Gasteiger partial charge in [0.2, 0.25) is 0 Å². The van der Waals surface area contributed by atoms with Crippen LogP contribution >= 0.6 is 0 Å². The molecular formula is C24H34F2. The van der Waals surface area contributed by atoms with Gasteiger partial charge in [0.25, 0.3) is 0 Å². The van der Waals surface area contributed by atoms with Crippen molar-refractivity contribution in [2.45, 2.75) is 83.5 Å². The molecular weight excluding hydrogens is 326 g/mol. The Morgan fingerprint density at radius 2 is 1.46 bits per heavy atom. The molecule has 0 bridgehead atoms. The van der Waals surface area contributed by atoms with Gasteiger partial charge in [-0.2, -0.15) is 0 Å². The van der Waals surface area contributed by atoms with E-state index in [1.807, 2.05) is 0 Å². The maximum absolute atomic E-state index is 13.5. The number of allylic oxidation sites excluding steroid dienone is 2. The van der Waals surface area contributed by atoms with Crippen molar-refractivity contribution in [2.75, 3.05) is 0 Å². The quantitative estimate of drug-likeness (QED) is 0.454. The van der Waals surface area contributed by atoms with Crippen LogP contribution in [0.2, 0.25) is 0 Å². The number of halogens is 2. The van der Waals surface area contributed by atoms with E-state index in [2.05, 4.69) is 19.1 Å². The predicted molar refractivity (Wildman–Crippen MR) is 105 cm³/mol. The molecule has 2 fully saturated rings. The van der Waals surface area contributed by atoms with Crippen LogP contribution in [0.5, 0.6) is 0 Å². The van der Waals surface area contributed by atoms with Crippen LogP contribution in [0.1, 0.15) is 89.0 Å². The number of rotatable bonds is 6. The number of hydrogen-bond acceptors (Lipinski definition) is 0. The molecule has 0 radical (unpaired) electrons. The summed E-state index contributed by atoms with van der Waals surface area (Å²) in [6, 6.07) is 4.46. The van der Waals surface area contributed by atoms with Crippen LogP contribution in [0.25, 0.3) is 0 Å². The molecule has 0 nitrogen and oxygen atoms in total. The molecule has 0 saturated heterocycles. The van der Waals surface area contributed by atoms with E-state index >= 15 is 0 Å². The zero-order valence-electron chi connectivity index (χ0n) is 16.2. The molecule has 0 aromatic heterocycles. The highest BCUT2D eigenvalue weighted by Crippen LogP contribution is 2.40. The average molecular weight is 361 g/mol. The Kier molecular flexibility index (Phi) is 7.28. The summed E-state index contributed by atoms with van der Waals surface area (Å²) in [6.45, 7) is 2.21. The summed E-state index contributed by atoms with van der Waals surface area (Å²) in [5, 5.41) is 0. The Morgan fingerprint density at radius 3 is 2.04 bits per heavy atom. The van der Waals surface area contributed by atoms with Crippen molar-refractivity contribution in [3.05, 3.63) is 47.5 Å². The Morgan fingerprint density at radius 1 is 0.846 bits per heavy atom. The van der Waals surface area contributed by atoms with Gasteiger partial charge < -0.3 is 0 Å². The lowest BCUT2D eigenvalue weighted by atomic mass is 9.74. The topological polar surface area (TPSA) is 0 Å². The first-order chi connectivity index (χ1) is 12.7. The molecule has 2 aliphatic carbocycles. The zero-order valence-corrected chi connectivity index (χ0v) is 16.2. The van der Waals surface area contributed by atoms with Crippen LogP contribution in [-0.4, -0.2) is 0 Å². The maximum atomic E-state index is 13.5. The lowest BCUT2D eigenvalue weighted by Crippen LogP contribution is -2.17. The van der Waals surface area contributed by atoms with Crippen molar-refractivity contribution in [2.24, 2.45) is 17.8 Å². The van der Waals surface area contributed by atoms with Gasteiger partial charge in [-0.15, -0.1) is 0 Å². The second-order valence-corrected chi connectivity index (χ2v) is 8.59. The molecule has 1 aromatic rings. The predicted octanol–water partition coefficient (Wildman–Crippen LogP) is 7.79. The van der Waals surface area contributed by atoms with Gasteiger partial charge in [-0.05, 0) is 99.2 Å². The molecule has 0 unspecified atom stereocenters.